The quantitative estimate of drug-likeness (QED) is 0.609. The highest BCUT2D eigenvalue weighted by molar-refractivity contribution is 7.79. The van der Waals surface area contributed by atoms with E-state index in [1.807, 2.05) is 24.4 Å². The Morgan fingerprint density at radius 1 is 1.06 bits per heavy atom. The molecule has 1 atom stereocenters. The second kappa shape index (κ2) is 9.06. The normalized spacial score (nSPS) is 16.5. The lowest BCUT2D eigenvalue weighted by atomic mass is 10.1. The molecule has 0 bridgehead atoms. The van der Waals surface area contributed by atoms with E-state index in [-0.39, 0.29) is 11.0 Å². The average Bonchev–Trinajstić information content (AvgIpc) is 3.24. The van der Waals surface area contributed by atoms with Gasteiger partial charge in [-0.1, -0.05) is 12.1 Å². The Morgan fingerprint density at radius 2 is 1.90 bits per heavy atom. The number of fused-ring (bicyclic) bond motifs is 1. The first-order valence-corrected chi connectivity index (χ1v) is 10.9. The minimum Gasteiger partial charge on any atom is -0.768 e. The summed E-state index contributed by atoms with van der Waals surface area (Å²) >= 11 is -2.30. The molecule has 0 amide bonds. The maximum absolute atomic E-state index is 11.5. The van der Waals surface area contributed by atoms with Gasteiger partial charge in [0.2, 0.25) is 5.95 Å². The van der Waals surface area contributed by atoms with Crippen LogP contribution in [0.1, 0.15) is 5.56 Å². The van der Waals surface area contributed by atoms with E-state index < -0.39 is 11.1 Å². The van der Waals surface area contributed by atoms with Gasteiger partial charge >= 0.3 is 0 Å². The predicted molar refractivity (Wildman–Crippen MR) is 118 cm³/mol. The molecule has 31 heavy (non-hydrogen) atoms. The number of morpholine rings is 1. The van der Waals surface area contributed by atoms with Crippen molar-refractivity contribution in [3.05, 3.63) is 54.4 Å². The Kier molecular flexibility index (Phi) is 6.23. The number of pyridine rings is 1. The summed E-state index contributed by atoms with van der Waals surface area (Å²) in [5, 5.41) is 0. The van der Waals surface area contributed by atoms with Gasteiger partial charge in [0.15, 0.2) is 0 Å². The van der Waals surface area contributed by atoms with Gasteiger partial charge in [0.1, 0.15) is 5.82 Å². The molecule has 0 radical (unpaired) electrons. The van der Waals surface area contributed by atoms with Gasteiger partial charge in [-0.25, -0.2) is 4.98 Å². The first-order chi connectivity index (χ1) is 14.7. The lowest BCUT2D eigenvalue weighted by molar-refractivity contribution is 0.122. The number of aromatic nitrogens is 3. The summed E-state index contributed by atoms with van der Waals surface area (Å²) < 4.78 is 28.5. The number of rotatable bonds is 4. The molecule has 0 aliphatic carbocycles. The molecule has 2 aliphatic rings. The van der Waals surface area contributed by atoms with Crippen LogP contribution < -0.4 is 16.0 Å². The van der Waals surface area contributed by atoms with Crippen LogP contribution in [-0.2, 0) is 22.2 Å². The Bertz CT molecular complexity index is 1090. The van der Waals surface area contributed by atoms with Crippen LogP contribution in [-0.4, -0.2) is 56.6 Å². The molecule has 1 fully saturated rings. The number of nitrogens with zero attached hydrogens (tertiary/aromatic N) is 5. The lowest BCUT2D eigenvalue weighted by Gasteiger charge is -2.28. The molecule has 3 N–H and O–H groups in total. The zero-order valence-electron chi connectivity index (χ0n) is 16.9. The lowest BCUT2D eigenvalue weighted by Crippen LogP contribution is -2.37. The number of ether oxygens (including phenoxy) is 1. The summed E-state index contributed by atoms with van der Waals surface area (Å²) in [4.78, 5) is 18.5. The number of hydrogen-bond acceptors (Lipinski definition) is 9. The highest BCUT2D eigenvalue weighted by Crippen LogP contribution is 2.39. The molecule has 0 spiro atoms. The maximum Gasteiger partial charge on any atom is 0.228 e. The third-order valence-corrected chi connectivity index (χ3v) is 6.00. The number of benzene rings is 1. The number of anilines is 3. The van der Waals surface area contributed by atoms with E-state index in [1.54, 1.807) is 24.4 Å². The van der Waals surface area contributed by atoms with E-state index in [4.69, 9.17) is 14.7 Å². The fourth-order valence-electron chi connectivity index (χ4n) is 3.90. The molecule has 1 aromatic carbocycles. The summed E-state index contributed by atoms with van der Waals surface area (Å²) in [5.74, 6) is 1.49. The summed E-state index contributed by atoms with van der Waals surface area (Å²) in [7, 11) is 0. The third kappa shape index (κ3) is 4.15. The minimum absolute atomic E-state index is 0. The van der Waals surface area contributed by atoms with Gasteiger partial charge < -0.3 is 25.2 Å². The summed E-state index contributed by atoms with van der Waals surface area (Å²) in [6.07, 6.45) is 4.35. The monoisotopic (exact) mass is 439 g/mol. The van der Waals surface area contributed by atoms with Crippen molar-refractivity contribution < 1.29 is 13.5 Å². The van der Waals surface area contributed by atoms with E-state index in [0.717, 1.165) is 54.4 Å². The molecular formula is C21H23N6O3S-. The zero-order chi connectivity index (χ0) is 20.5. The predicted octanol–water partition coefficient (Wildman–Crippen LogP) is 2.47. The fraction of sp³-hybridized carbons (Fsp3) is 0.286. The average molecular weight is 440 g/mol. The van der Waals surface area contributed by atoms with Gasteiger partial charge in [-0.15, -0.1) is 0 Å². The van der Waals surface area contributed by atoms with Crippen LogP contribution in [0, 0.1) is 0 Å². The molecule has 162 valence electrons. The molecule has 10 heteroatoms. The van der Waals surface area contributed by atoms with Crippen molar-refractivity contribution in [2.24, 2.45) is 0 Å². The molecule has 2 aromatic heterocycles. The Labute approximate surface area is 183 Å². The molecule has 5 rings (SSSR count). The molecule has 4 heterocycles. The van der Waals surface area contributed by atoms with E-state index in [1.165, 1.54) is 0 Å². The molecule has 3 aromatic rings. The molecule has 9 nitrogen and oxygen atoms in total. The highest BCUT2D eigenvalue weighted by Gasteiger charge is 2.29. The van der Waals surface area contributed by atoms with Gasteiger partial charge in [0, 0.05) is 41.9 Å². The molecule has 1 unspecified atom stereocenters. The van der Waals surface area contributed by atoms with E-state index in [0.29, 0.717) is 19.2 Å². The summed E-state index contributed by atoms with van der Waals surface area (Å²) in [6.45, 7) is 3.47. The second-order valence-corrected chi connectivity index (χ2v) is 8.09. The largest absolute Gasteiger partial charge is 0.768 e. The van der Waals surface area contributed by atoms with Crippen LogP contribution in [0.25, 0.3) is 11.3 Å². The SMILES string of the molecule is N.O=S([O-])c1cccc(-c2nc(N3CCOCC3)nc3c2CCN3c2cccnc2)c1. The summed E-state index contributed by atoms with van der Waals surface area (Å²) in [6, 6.07) is 10.8. The minimum atomic E-state index is -2.30. The van der Waals surface area contributed by atoms with Crippen molar-refractivity contribution in [2.45, 2.75) is 11.3 Å². The Balaban J connectivity index is 0.00000231. The van der Waals surface area contributed by atoms with Crippen molar-refractivity contribution in [3.8, 4) is 11.3 Å². The van der Waals surface area contributed by atoms with E-state index in [9.17, 15) is 8.76 Å². The van der Waals surface area contributed by atoms with Gasteiger partial charge in [-0.05, 0) is 41.8 Å². The van der Waals surface area contributed by atoms with Crippen molar-refractivity contribution in [1.29, 1.82) is 0 Å². The highest BCUT2D eigenvalue weighted by atomic mass is 32.2. The van der Waals surface area contributed by atoms with Gasteiger partial charge in [0.25, 0.3) is 0 Å². The van der Waals surface area contributed by atoms with Crippen LogP contribution in [0.4, 0.5) is 17.5 Å². The molecule has 0 saturated carbocycles. The third-order valence-electron chi connectivity index (χ3n) is 5.37. The molecule has 1 saturated heterocycles. The Hall–Kier alpha value is -2.92. The van der Waals surface area contributed by atoms with Crippen LogP contribution in [0.3, 0.4) is 0 Å². The zero-order valence-corrected chi connectivity index (χ0v) is 17.8. The topological polar surface area (TPSA) is 130 Å². The van der Waals surface area contributed by atoms with Crippen molar-refractivity contribution in [1.82, 2.24) is 21.1 Å². The van der Waals surface area contributed by atoms with E-state index >= 15 is 0 Å². The van der Waals surface area contributed by atoms with Crippen molar-refractivity contribution in [2.75, 3.05) is 42.6 Å². The number of hydrogen-bond donors (Lipinski definition) is 1. The van der Waals surface area contributed by atoms with Crippen LogP contribution in [0.5, 0.6) is 0 Å². The van der Waals surface area contributed by atoms with Gasteiger partial charge in [0.05, 0.1) is 30.8 Å². The van der Waals surface area contributed by atoms with E-state index in [2.05, 4.69) is 14.8 Å². The van der Waals surface area contributed by atoms with Gasteiger partial charge in [-0.3, -0.25) is 9.19 Å². The smallest absolute Gasteiger partial charge is 0.228 e. The van der Waals surface area contributed by atoms with Crippen molar-refractivity contribution in [3.63, 3.8) is 0 Å². The van der Waals surface area contributed by atoms with Crippen LogP contribution in [0.15, 0.2) is 53.7 Å². The molecule has 2 aliphatic heterocycles. The van der Waals surface area contributed by atoms with Crippen molar-refractivity contribution >= 4 is 28.5 Å². The fourth-order valence-corrected chi connectivity index (χ4v) is 4.31. The molecular weight excluding hydrogens is 416 g/mol. The van der Waals surface area contributed by atoms with Gasteiger partial charge in [-0.2, -0.15) is 4.98 Å². The Morgan fingerprint density at radius 3 is 2.65 bits per heavy atom. The van der Waals surface area contributed by atoms with Crippen LogP contribution >= 0.6 is 0 Å². The first-order valence-electron chi connectivity index (χ1n) is 9.81. The standard InChI is InChI=1S/C21H21N5O3S.H3N/c27-30(28)17-5-1-3-15(13-17)19-18-6-8-26(16-4-2-7-22-14-16)20(18)24-21(23-19)25-9-11-29-12-10-25;/h1-5,7,13-14H,6,8-12H2,(H,27,28);1H3/p-1. The maximum atomic E-state index is 11.5. The first kappa shape index (κ1) is 21.3. The summed E-state index contributed by atoms with van der Waals surface area (Å²) in [5.41, 5.74) is 3.55. The second-order valence-electron chi connectivity index (χ2n) is 7.15. The van der Waals surface area contributed by atoms with Crippen LogP contribution in [0.2, 0.25) is 0 Å².